The Morgan fingerprint density at radius 1 is 1.45 bits per heavy atom. The van der Waals surface area contributed by atoms with Gasteiger partial charge in [0, 0.05) is 11.0 Å². The largest absolute Gasteiger partial charge is 0.326 e. The fourth-order valence-corrected chi connectivity index (χ4v) is 1.36. The molecule has 1 aromatic carbocycles. The molecule has 0 saturated heterocycles. The molecule has 1 aromatic rings. The van der Waals surface area contributed by atoms with Gasteiger partial charge in [0.2, 0.25) is 0 Å². The van der Waals surface area contributed by atoms with E-state index in [0.29, 0.717) is 6.54 Å². The number of hydrogen-bond acceptors (Lipinski definition) is 1. The lowest BCUT2D eigenvalue weighted by molar-refractivity contribution is 1.05. The topological polar surface area (TPSA) is 26.0 Å². The van der Waals surface area contributed by atoms with Gasteiger partial charge in [-0.05, 0) is 30.2 Å². The van der Waals surface area contributed by atoms with Crippen molar-refractivity contribution < 1.29 is 0 Å². The van der Waals surface area contributed by atoms with Crippen molar-refractivity contribution in [2.75, 3.05) is 0 Å². The predicted octanol–water partition coefficient (Wildman–Crippen LogP) is 2.64. The Balaban J connectivity index is 0.000001000. The quantitative estimate of drug-likeness (QED) is 0.797. The van der Waals surface area contributed by atoms with Crippen LogP contribution in [-0.4, -0.2) is 0 Å². The van der Waals surface area contributed by atoms with Crippen LogP contribution in [0.1, 0.15) is 11.1 Å². The highest BCUT2D eigenvalue weighted by Gasteiger charge is 1.94. The van der Waals surface area contributed by atoms with Crippen molar-refractivity contribution in [1.29, 1.82) is 0 Å². The first-order valence-corrected chi connectivity index (χ1v) is 3.98. The van der Waals surface area contributed by atoms with E-state index in [1.807, 2.05) is 12.1 Å². The Kier molecular flexibility index (Phi) is 4.73. The van der Waals surface area contributed by atoms with Crippen LogP contribution in [0.5, 0.6) is 0 Å². The van der Waals surface area contributed by atoms with E-state index >= 15 is 0 Å². The Morgan fingerprint density at radius 2 is 2.09 bits per heavy atom. The minimum absolute atomic E-state index is 0. The third-order valence-electron chi connectivity index (χ3n) is 1.52. The first-order chi connectivity index (χ1) is 4.74. The summed E-state index contributed by atoms with van der Waals surface area (Å²) in [6, 6.07) is 6.12. The molecule has 0 atom stereocenters. The van der Waals surface area contributed by atoms with Crippen LogP contribution in [0.25, 0.3) is 0 Å². The van der Waals surface area contributed by atoms with Gasteiger partial charge in [0.25, 0.3) is 0 Å². The van der Waals surface area contributed by atoms with Gasteiger partial charge in [-0.3, -0.25) is 0 Å². The van der Waals surface area contributed by atoms with Crippen LogP contribution in [0.3, 0.4) is 0 Å². The van der Waals surface area contributed by atoms with Crippen molar-refractivity contribution in [3.05, 3.63) is 33.8 Å². The maximum absolute atomic E-state index is 5.49. The van der Waals surface area contributed by atoms with Gasteiger partial charge in [-0.15, -0.1) is 12.4 Å². The molecule has 1 rings (SSSR count). The highest BCUT2D eigenvalue weighted by atomic mass is 79.9. The van der Waals surface area contributed by atoms with Crippen molar-refractivity contribution in [1.82, 2.24) is 0 Å². The second-order valence-electron chi connectivity index (χ2n) is 2.27. The van der Waals surface area contributed by atoms with E-state index < -0.39 is 0 Å². The summed E-state index contributed by atoms with van der Waals surface area (Å²) in [7, 11) is 0. The lowest BCUT2D eigenvalue weighted by atomic mass is 10.1. The van der Waals surface area contributed by atoms with Gasteiger partial charge in [-0.25, -0.2) is 0 Å². The van der Waals surface area contributed by atoms with Gasteiger partial charge in [0.05, 0.1) is 0 Å². The molecular weight excluding hydrogens is 225 g/mol. The van der Waals surface area contributed by atoms with Gasteiger partial charge in [0.1, 0.15) is 0 Å². The summed E-state index contributed by atoms with van der Waals surface area (Å²) >= 11 is 3.38. The number of rotatable bonds is 1. The zero-order valence-electron chi connectivity index (χ0n) is 6.30. The minimum Gasteiger partial charge on any atom is -0.326 e. The summed E-state index contributed by atoms with van der Waals surface area (Å²) in [6.45, 7) is 2.69. The predicted molar refractivity (Wildman–Crippen MR) is 54.0 cm³/mol. The number of halogens is 2. The summed E-state index contributed by atoms with van der Waals surface area (Å²) in [6.07, 6.45) is 0. The summed E-state index contributed by atoms with van der Waals surface area (Å²) < 4.78 is 1.11. The molecule has 0 aliphatic rings. The van der Waals surface area contributed by atoms with Crippen molar-refractivity contribution >= 4 is 28.3 Å². The monoisotopic (exact) mass is 235 g/mol. The third kappa shape index (κ3) is 2.81. The molecule has 0 aliphatic heterocycles. The maximum Gasteiger partial charge on any atom is 0.0180 e. The minimum atomic E-state index is 0. The highest BCUT2D eigenvalue weighted by molar-refractivity contribution is 9.10. The Bertz CT molecular complexity index is 238. The van der Waals surface area contributed by atoms with Crippen LogP contribution >= 0.6 is 28.3 Å². The van der Waals surface area contributed by atoms with E-state index in [1.165, 1.54) is 11.1 Å². The van der Waals surface area contributed by atoms with Crippen molar-refractivity contribution in [3.8, 4) is 0 Å². The molecule has 0 saturated carbocycles. The van der Waals surface area contributed by atoms with Gasteiger partial charge in [-0.2, -0.15) is 0 Å². The molecule has 11 heavy (non-hydrogen) atoms. The Morgan fingerprint density at radius 3 is 2.55 bits per heavy atom. The molecule has 0 spiro atoms. The average Bonchev–Trinajstić information content (AvgIpc) is 1.88. The molecule has 0 heterocycles. The van der Waals surface area contributed by atoms with Crippen LogP contribution in [0.2, 0.25) is 0 Å². The van der Waals surface area contributed by atoms with Gasteiger partial charge in [0.15, 0.2) is 0 Å². The Hall–Kier alpha value is -0.0500. The molecule has 2 N–H and O–H groups in total. The molecule has 0 unspecified atom stereocenters. The molecule has 0 aromatic heterocycles. The molecular formula is C8H11BrClN. The number of benzene rings is 1. The first-order valence-electron chi connectivity index (χ1n) is 3.19. The van der Waals surface area contributed by atoms with Crippen molar-refractivity contribution in [2.45, 2.75) is 13.5 Å². The van der Waals surface area contributed by atoms with E-state index in [1.54, 1.807) is 0 Å². The van der Waals surface area contributed by atoms with E-state index in [0.717, 1.165) is 4.47 Å². The second-order valence-corrected chi connectivity index (χ2v) is 3.19. The van der Waals surface area contributed by atoms with Crippen LogP contribution in [0, 0.1) is 6.92 Å². The Labute approximate surface area is 81.5 Å². The zero-order chi connectivity index (χ0) is 7.56. The summed E-state index contributed by atoms with van der Waals surface area (Å²) in [5.74, 6) is 0. The first kappa shape index (κ1) is 11.0. The fourth-order valence-electron chi connectivity index (χ4n) is 0.888. The molecule has 0 fully saturated rings. The number of nitrogens with two attached hydrogens (primary N) is 1. The SMILES string of the molecule is Cc1cc(Br)ccc1CN.Cl. The molecule has 0 aliphatic carbocycles. The van der Waals surface area contributed by atoms with Gasteiger partial charge < -0.3 is 5.73 Å². The lowest BCUT2D eigenvalue weighted by Crippen LogP contribution is -1.98. The van der Waals surface area contributed by atoms with Gasteiger partial charge in [-0.1, -0.05) is 22.0 Å². The van der Waals surface area contributed by atoms with E-state index in [2.05, 4.69) is 28.9 Å². The molecule has 0 bridgehead atoms. The van der Waals surface area contributed by atoms with Crippen LogP contribution < -0.4 is 5.73 Å². The van der Waals surface area contributed by atoms with Gasteiger partial charge >= 0.3 is 0 Å². The normalized spacial score (nSPS) is 9.00. The molecule has 0 radical (unpaired) electrons. The second kappa shape index (κ2) is 4.75. The van der Waals surface area contributed by atoms with Crippen LogP contribution in [-0.2, 0) is 6.54 Å². The van der Waals surface area contributed by atoms with E-state index in [-0.39, 0.29) is 12.4 Å². The maximum atomic E-state index is 5.49. The standard InChI is InChI=1S/C8H10BrN.ClH/c1-6-4-8(9)3-2-7(6)5-10;/h2-4H,5,10H2,1H3;1H. The third-order valence-corrected chi connectivity index (χ3v) is 2.02. The van der Waals surface area contributed by atoms with E-state index in [4.69, 9.17) is 5.73 Å². The van der Waals surface area contributed by atoms with Crippen LogP contribution in [0.15, 0.2) is 22.7 Å². The van der Waals surface area contributed by atoms with Crippen molar-refractivity contribution in [3.63, 3.8) is 0 Å². The average molecular weight is 237 g/mol. The fraction of sp³-hybridized carbons (Fsp3) is 0.250. The molecule has 62 valence electrons. The molecule has 0 amide bonds. The molecule has 1 nitrogen and oxygen atoms in total. The number of hydrogen-bond donors (Lipinski definition) is 1. The zero-order valence-corrected chi connectivity index (χ0v) is 8.71. The smallest absolute Gasteiger partial charge is 0.0180 e. The lowest BCUT2D eigenvalue weighted by Gasteiger charge is -2.01. The summed E-state index contributed by atoms with van der Waals surface area (Å²) in [5, 5.41) is 0. The van der Waals surface area contributed by atoms with Crippen molar-refractivity contribution in [2.24, 2.45) is 5.73 Å². The molecule has 3 heteroatoms. The van der Waals surface area contributed by atoms with E-state index in [9.17, 15) is 0 Å². The number of aryl methyl sites for hydroxylation is 1. The summed E-state index contributed by atoms with van der Waals surface area (Å²) in [4.78, 5) is 0. The highest BCUT2D eigenvalue weighted by Crippen LogP contribution is 2.14. The summed E-state index contributed by atoms with van der Waals surface area (Å²) in [5.41, 5.74) is 7.94. The van der Waals surface area contributed by atoms with Crippen LogP contribution in [0.4, 0.5) is 0 Å².